The number of aromatic nitrogens is 2. The predicted octanol–water partition coefficient (Wildman–Crippen LogP) is 4.81. The summed E-state index contributed by atoms with van der Waals surface area (Å²) in [5, 5.41) is 3.95. The summed E-state index contributed by atoms with van der Waals surface area (Å²) < 4.78 is 8.12. The van der Waals surface area contributed by atoms with E-state index in [1.807, 2.05) is 32.0 Å². The molecule has 0 saturated carbocycles. The van der Waals surface area contributed by atoms with Crippen LogP contribution in [0.15, 0.2) is 80.7 Å². The minimum Gasteiger partial charge on any atom is -0.449 e. The zero-order valence-electron chi connectivity index (χ0n) is 18.5. The van der Waals surface area contributed by atoms with E-state index >= 15 is 0 Å². The topological polar surface area (TPSA) is 86.2 Å². The van der Waals surface area contributed by atoms with Crippen LogP contribution in [0.1, 0.15) is 11.1 Å². The van der Waals surface area contributed by atoms with Crippen molar-refractivity contribution in [1.82, 2.24) is 9.13 Å². The highest BCUT2D eigenvalue weighted by Crippen LogP contribution is 2.26. The van der Waals surface area contributed by atoms with Crippen LogP contribution in [0.2, 0.25) is 5.02 Å². The fourth-order valence-corrected chi connectivity index (χ4v) is 4.27. The number of hydrogen-bond acceptors (Lipinski definition) is 4. The Kier molecular flexibility index (Phi) is 5.34. The highest BCUT2D eigenvalue weighted by atomic mass is 35.5. The van der Waals surface area contributed by atoms with Gasteiger partial charge >= 0.3 is 11.2 Å². The number of hydrogen-bond donors (Lipinski definition) is 1. The molecule has 1 amide bonds. The van der Waals surface area contributed by atoms with E-state index in [4.69, 9.17) is 16.0 Å². The van der Waals surface area contributed by atoms with Crippen molar-refractivity contribution in [3.05, 3.63) is 104 Å². The number of fused-ring (bicyclic) bond motifs is 3. The van der Waals surface area contributed by atoms with Crippen molar-refractivity contribution in [3.63, 3.8) is 0 Å². The van der Waals surface area contributed by atoms with Gasteiger partial charge in [0.05, 0.1) is 5.69 Å². The first-order valence-corrected chi connectivity index (χ1v) is 11.0. The molecule has 0 aliphatic carbocycles. The number of nitrogens with one attached hydrogen (secondary N) is 1. The van der Waals surface area contributed by atoms with Crippen molar-refractivity contribution in [2.45, 2.75) is 20.4 Å². The lowest BCUT2D eigenvalue weighted by Crippen LogP contribution is -2.40. The summed E-state index contributed by atoms with van der Waals surface area (Å²) in [6.07, 6.45) is 0. The maximum atomic E-state index is 13.6. The SMILES string of the molecule is Cc1cccc(C)c1NC(=O)Cn1c(=O)n(-c2ccc(Cl)cc2)c(=O)c2oc3ccccc3c21. The molecule has 3 aromatic carbocycles. The number of carbonyl (C=O) groups excluding carboxylic acids is 1. The Morgan fingerprint density at radius 2 is 1.62 bits per heavy atom. The fraction of sp³-hybridized carbons (Fsp3) is 0.115. The van der Waals surface area contributed by atoms with Crippen LogP contribution in [0.4, 0.5) is 5.69 Å². The van der Waals surface area contributed by atoms with Crippen molar-refractivity contribution in [2.24, 2.45) is 0 Å². The zero-order chi connectivity index (χ0) is 24.0. The highest BCUT2D eigenvalue weighted by molar-refractivity contribution is 6.30. The molecule has 0 fully saturated rings. The normalized spacial score (nSPS) is 11.3. The van der Waals surface area contributed by atoms with E-state index in [2.05, 4.69) is 5.32 Å². The molecule has 0 unspecified atom stereocenters. The van der Waals surface area contributed by atoms with Gasteiger partial charge in [0, 0.05) is 16.1 Å². The van der Waals surface area contributed by atoms with Gasteiger partial charge in [0.1, 0.15) is 17.6 Å². The van der Waals surface area contributed by atoms with E-state index in [1.54, 1.807) is 48.5 Å². The van der Waals surface area contributed by atoms with E-state index in [1.165, 1.54) is 4.57 Å². The lowest BCUT2D eigenvalue weighted by Gasteiger charge is -2.14. The summed E-state index contributed by atoms with van der Waals surface area (Å²) in [4.78, 5) is 40.1. The summed E-state index contributed by atoms with van der Waals surface area (Å²) in [6, 6.07) is 19.1. The van der Waals surface area contributed by atoms with E-state index in [0.717, 1.165) is 15.7 Å². The summed E-state index contributed by atoms with van der Waals surface area (Å²) in [6.45, 7) is 3.50. The molecule has 7 nitrogen and oxygen atoms in total. The van der Waals surface area contributed by atoms with Crippen molar-refractivity contribution >= 4 is 45.3 Å². The van der Waals surface area contributed by atoms with Gasteiger partial charge in [0.15, 0.2) is 0 Å². The van der Waals surface area contributed by atoms with Gasteiger partial charge in [-0.05, 0) is 61.4 Å². The number of halogens is 1. The number of furan rings is 1. The lowest BCUT2D eigenvalue weighted by molar-refractivity contribution is -0.116. The third-order valence-electron chi connectivity index (χ3n) is 5.79. The summed E-state index contributed by atoms with van der Waals surface area (Å²) in [5.41, 5.74) is 2.31. The van der Waals surface area contributed by atoms with Crippen LogP contribution < -0.4 is 16.6 Å². The summed E-state index contributed by atoms with van der Waals surface area (Å²) >= 11 is 5.99. The number of carbonyl (C=O) groups is 1. The van der Waals surface area contributed by atoms with Gasteiger partial charge in [-0.3, -0.25) is 14.2 Å². The van der Waals surface area contributed by atoms with Gasteiger partial charge in [0.2, 0.25) is 11.5 Å². The molecule has 34 heavy (non-hydrogen) atoms. The maximum Gasteiger partial charge on any atom is 0.336 e. The number of rotatable bonds is 4. The molecule has 0 aliphatic rings. The van der Waals surface area contributed by atoms with Crippen molar-refractivity contribution in [1.29, 1.82) is 0 Å². The van der Waals surface area contributed by atoms with Crippen LogP contribution in [0.5, 0.6) is 0 Å². The van der Waals surface area contributed by atoms with Crippen LogP contribution in [-0.2, 0) is 11.3 Å². The maximum absolute atomic E-state index is 13.6. The minimum atomic E-state index is -0.650. The lowest BCUT2D eigenvalue weighted by atomic mass is 10.1. The molecular weight excluding hydrogens is 454 g/mol. The average Bonchev–Trinajstić information content (AvgIpc) is 3.20. The molecule has 5 aromatic rings. The second-order valence-corrected chi connectivity index (χ2v) is 8.51. The Bertz CT molecular complexity index is 1670. The third-order valence-corrected chi connectivity index (χ3v) is 6.04. The molecule has 0 atom stereocenters. The van der Waals surface area contributed by atoms with Crippen LogP contribution >= 0.6 is 11.6 Å². The quantitative estimate of drug-likeness (QED) is 0.406. The van der Waals surface area contributed by atoms with E-state index in [-0.39, 0.29) is 17.6 Å². The standard InChI is InChI=1S/C26H20ClN3O4/c1-15-6-5-7-16(2)22(15)28-21(31)14-29-23-19-8-3-4-9-20(19)34-24(23)25(32)30(26(29)33)18-12-10-17(27)11-13-18/h3-13H,14H2,1-2H3,(H,28,31). The molecule has 0 spiro atoms. The van der Waals surface area contributed by atoms with Crippen molar-refractivity contribution in [3.8, 4) is 5.69 Å². The van der Waals surface area contributed by atoms with Crippen LogP contribution in [0, 0.1) is 13.8 Å². The smallest absolute Gasteiger partial charge is 0.336 e. The summed E-state index contributed by atoms with van der Waals surface area (Å²) in [7, 11) is 0. The molecule has 1 N–H and O–H groups in total. The molecule has 5 rings (SSSR count). The van der Waals surface area contributed by atoms with Gasteiger partial charge in [-0.2, -0.15) is 0 Å². The number of aryl methyl sites for hydroxylation is 2. The van der Waals surface area contributed by atoms with Gasteiger partial charge in [-0.25, -0.2) is 9.36 Å². The average molecular weight is 474 g/mol. The molecule has 0 radical (unpaired) electrons. The van der Waals surface area contributed by atoms with Gasteiger partial charge in [-0.15, -0.1) is 0 Å². The molecule has 0 aliphatic heterocycles. The number of nitrogens with zero attached hydrogens (tertiary/aromatic N) is 2. The Morgan fingerprint density at radius 1 is 0.941 bits per heavy atom. The molecule has 170 valence electrons. The molecule has 2 heterocycles. The monoisotopic (exact) mass is 473 g/mol. The Labute approximate surface area is 198 Å². The molecular formula is C26H20ClN3O4. The molecule has 0 bridgehead atoms. The molecule has 0 saturated heterocycles. The first-order chi connectivity index (χ1) is 16.3. The Morgan fingerprint density at radius 3 is 2.32 bits per heavy atom. The van der Waals surface area contributed by atoms with Gasteiger partial charge in [-0.1, -0.05) is 41.9 Å². The van der Waals surface area contributed by atoms with Crippen LogP contribution in [-0.4, -0.2) is 15.0 Å². The van der Waals surface area contributed by atoms with Gasteiger partial charge < -0.3 is 9.73 Å². The van der Waals surface area contributed by atoms with E-state index < -0.39 is 17.2 Å². The number of anilines is 1. The Hall–Kier alpha value is -4.10. The van der Waals surface area contributed by atoms with Gasteiger partial charge in [0.25, 0.3) is 0 Å². The fourth-order valence-electron chi connectivity index (χ4n) is 4.15. The van der Waals surface area contributed by atoms with Crippen molar-refractivity contribution < 1.29 is 9.21 Å². The van der Waals surface area contributed by atoms with E-state index in [9.17, 15) is 14.4 Å². The van der Waals surface area contributed by atoms with Crippen LogP contribution in [0.3, 0.4) is 0 Å². The zero-order valence-corrected chi connectivity index (χ0v) is 19.2. The highest BCUT2D eigenvalue weighted by Gasteiger charge is 2.22. The number of amides is 1. The second kappa shape index (κ2) is 8.35. The molecule has 2 aromatic heterocycles. The van der Waals surface area contributed by atoms with Crippen LogP contribution in [0.25, 0.3) is 27.8 Å². The van der Waals surface area contributed by atoms with Crippen molar-refractivity contribution in [2.75, 3.05) is 5.32 Å². The number of benzene rings is 3. The minimum absolute atomic E-state index is 0.00405. The number of para-hydroxylation sites is 2. The first-order valence-electron chi connectivity index (χ1n) is 10.6. The molecule has 8 heteroatoms. The second-order valence-electron chi connectivity index (χ2n) is 8.08. The summed E-state index contributed by atoms with van der Waals surface area (Å²) in [5.74, 6) is -0.396. The largest absolute Gasteiger partial charge is 0.449 e. The van der Waals surface area contributed by atoms with E-state index in [0.29, 0.717) is 27.4 Å². The first kappa shape index (κ1) is 21.7. The third kappa shape index (κ3) is 3.60. The Balaban J connectivity index is 1.72. The predicted molar refractivity (Wildman–Crippen MR) is 133 cm³/mol.